The summed E-state index contributed by atoms with van der Waals surface area (Å²) >= 11 is 0.986. The molecule has 0 spiro atoms. The average Bonchev–Trinajstić information content (AvgIpc) is 2.60. The molecule has 0 unspecified atom stereocenters. The van der Waals surface area contributed by atoms with E-state index >= 15 is 0 Å². The first-order chi connectivity index (χ1) is 14.6. The van der Waals surface area contributed by atoms with Crippen LogP contribution < -0.4 is 11.1 Å². The molecule has 0 amide bonds. The number of benzene rings is 2. The predicted molar refractivity (Wildman–Crippen MR) is 99.6 cm³/mol. The summed E-state index contributed by atoms with van der Waals surface area (Å²) in [6.45, 7) is 0. The van der Waals surface area contributed by atoms with Gasteiger partial charge >= 0.3 is 30.5 Å². The van der Waals surface area contributed by atoms with Gasteiger partial charge in [0.2, 0.25) is 0 Å². The van der Waals surface area contributed by atoms with Crippen molar-refractivity contribution in [1.82, 2.24) is 0 Å². The van der Waals surface area contributed by atoms with Crippen LogP contribution in [-0.2, 0) is 11.8 Å². The van der Waals surface area contributed by atoms with Crippen molar-refractivity contribution in [3.8, 4) is 0 Å². The van der Waals surface area contributed by atoms with Crippen molar-refractivity contribution < 1.29 is 57.1 Å². The molecule has 0 atom stereocenters. The molecule has 0 aromatic heterocycles. The summed E-state index contributed by atoms with van der Waals surface area (Å²) in [5, 5.41) is 1.38. The Labute approximate surface area is 190 Å². The molecule has 0 saturated heterocycles. The third kappa shape index (κ3) is 7.17. The van der Waals surface area contributed by atoms with Gasteiger partial charge in [0.05, 0.1) is 11.3 Å². The van der Waals surface area contributed by atoms with Crippen molar-refractivity contribution in [2.24, 2.45) is 0 Å². The maximum atomic E-state index is 13.8. The van der Waals surface area contributed by atoms with Crippen LogP contribution in [0.4, 0.5) is 68.5 Å². The van der Waals surface area contributed by atoms with Crippen molar-refractivity contribution in [3.63, 3.8) is 0 Å². The van der Waals surface area contributed by atoms with Crippen LogP contribution in [-0.4, -0.2) is 18.7 Å². The lowest BCUT2D eigenvalue weighted by Gasteiger charge is -2.31. The molecule has 2 rings (SSSR count). The number of nitrogens with two attached hydrogens (primary N) is 1. The quantitative estimate of drug-likeness (QED) is 0.157. The fraction of sp³-hybridized carbons (Fsp3) is 0.294. The predicted octanol–water partition coefficient (Wildman–Crippen LogP) is 7.80. The van der Waals surface area contributed by atoms with Crippen molar-refractivity contribution in [1.29, 1.82) is 0 Å². The van der Waals surface area contributed by atoms with Gasteiger partial charge in [-0.1, -0.05) is 18.2 Å². The molecular weight excluding hydrogens is 606 g/mol. The molecule has 2 aromatic rings. The first kappa shape index (κ1) is 28.9. The molecule has 0 aliphatic heterocycles. The molecule has 3 N–H and O–H groups in total. The second kappa shape index (κ2) is 9.61. The van der Waals surface area contributed by atoms with Gasteiger partial charge in [0.25, 0.3) is 0 Å². The highest BCUT2D eigenvalue weighted by molar-refractivity contribution is 14.1. The van der Waals surface area contributed by atoms with Gasteiger partial charge in [-0.2, -0.15) is 52.7 Å². The zero-order chi connectivity index (χ0) is 26.0. The number of anilines is 2. The summed E-state index contributed by atoms with van der Waals surface area (Å²) in [5.74, 6) is 0. The van der Waals surface area contributed by atoms with E-state index in [9.17, 15) is 57.1 Å². The van der Waals surface area contributed by atoms with Crippen molar-refractivity contribution in [3.05, 3.63) is 57.2 Å². The topological polar surface area (TPSA) is 38.0 Å². The summed E-state index contributed by atoms with van der Waals surface area (Å²) in [5.41, 5.74) is -6.22. The maximum absolute atomic E-state index is 13.8. The molecule has 0 saturated carbocycles. The Morgan fingerprint density at radius 2 is 1.15 bits per heavy atom. The molecule has 186 valence electrons. The van der Waals surface area contributed by atoms with Gasteiger partial charge in [-0.25, -0.2) is 4.39 Å². The first-order valence-corrected chi connectivity index (χ1v) is 9.08. The van der Waals surface area contributed by atoms with Gasteiger partial charge in [0.15, 0.2) is 0 Å². The second-order valence-corrected chi connectivity index (χ2v) is 7.22. The summed E-state index contributed by atoms with van der Waals surface area (Å²) in [7, 11) is 0. The normalized spacial score (nSPS) is 13.3. The van der Waals surface area contributed by atoms with Crippen LogP contribution in [0.15, 0.2) is 42.5 Å². The van der Waals surface area contributed by atoms with E-state index in [-0.39, 0.29) is 11.8 Å². The summed E-state index contributed by atoms with van der Waals surface area (Å²) in [6, 6.07) is 6.83. The van der Waals surface area contributed by atoms with Crippen molar-refractivity contribution in [2.45, 2.75) is 30.5 Å². The largest absolute Gasteiger partial charge is 0.482 e. The monoisotopic (exact) mass is 616 g/mol. The average molecular weight is 616 g/mol. The number of alkyl halides is 13. The molecule has 0 aliphatic carbocycles. The molecule has 33 heavy (non-hydrogen) atoms. The van der Waals surface area contributed by atoms with Gasteiger partial charge in [0, 0.05) is 14.8 Å². The van der Waals surface area contributed by atoms with E-state index < -0.39 is 56.9 Å². The number of hydrogen-bond donors (Lipinski definition) is 2. The van der Waals surface area contributed by atoms with Crippen LogP contribution in [0, 0.1) is 3.57 Å². The Morgan fingerprint density at radius 1 is 0.697 bits per heavy atom. The Hall–Kier alpha value is -2.14. The van der Waals surface area contributed by atoms with E-state index in [1.807, 2.05) is 0 Å². The van der Waals surface area contributed by atoms with E-state index in [1.165, 1.54) is 29.6 Å². The Kier molecular flexibility index (Phi) is 8.42. The molecule has 0 aliphatic rings. The number of hydrogen-bond acceptors (Lipinski definition) is 2. The first-order valence-electron chi connectivity index (χ1n) is 8.00. The van der Waals surface area contributed by atoms with Crippen LogP contribution in [0.5, 0.6) is 0 Å². The number of para-hydroxylation sites is 1. The van der Waals surface area contributed by atoms with Gasteiger partial charge in [-0.05, 0) is 46.9 Å². The van der Waals surface area contributed by atoms with E-state index in [0.717, 1.165) is 22.6 Å². The highest BCUT2D eigenvalue weighted by atomic mass is 127. The Bertz CT molecular complexity index is 917. The zero-order valence-corrected chi connectivity index (χ0v) is 17.6. The zero-order valence-electron chi connectivity index (χ0n) is 15.4. The van der Waals surface area contributed by atoms with E-state index in [2.05, 4.69) is 0 Å². The SMILES string of the molecule is FC(F)(F)Nc1ccccc1.Nc1c(I)cc(C(F)(C(F)(F)F)C(F)(F)F)cc1C(F)(F)F. The fourth-order valence-corrected chi connectivity index (χ4v) is 2.85. The van der Waals surface area contributed by atoms with E-state index in [0.29, 0.717) is 0 Å². The summed E-state index contributed by atoms with van der Waals surface area (Å²) in [6.07, 6.45) is -22.7. The van der Waals surface area contributed by atoms with Crippen LogP contribution in [0.2, 0.25) is 0 Å². The third-order valence-corrected chi connectivity index (χ3v) is 4.57. The minimum absolute atomic E-state index is 0.0217. The molecule has 0 radical (unpaired) electrons. The Balaban J connectivity index is 0.000000412. The Morgan fingerprint density at radius 3 is 1.52 bits per heavy atom. The lowest BCUT2D eigenvalue weighted by atomic mass is 9.92. The molecular formula is C17H10F13IN2. The maximum Gasteiger partial charge on any atom is 0.482 e. The summed E-state index contributed by atoms with van der Waals surface area (Å²) in [4.78, 5) is 0. The number of rotatable bonds is 2. The van der Waals surface area contributed by atoms with Crippen molar-refractivity contribution in [2.75, 3.05) is 11.1 Å². The fourth-order valence-electron chi connectivity index (χ4n) is 2.22. The number of nitrogen functional groups attached to an aromatic ring is 1. The molecule has 0 fully saturated rings. The van der Waals surface area contributed by atoms with Crippen molar-refractivity contribution >= 4 is 34.0 Å². The van der Waals surface area contributed by atoms with Gasteiger partial charge in [0.1, 0.15) is 0 Å². The molecule has 2 nitrogen and oxygen atoms in total. The number of nitrogens with one attached hydrogen (secondary N) is 1. The van der Waals surface area contributed by atoms with Crippen LogP contribution in [0.25, 0.3) is 0 Å². The van der Waals surface area contributed by atoms with E-state index in [1.54, 1.807) is 6.07 Å². The lowest BCUT2D eigenvalue weighted by molar-refractivity contribution is -0.348. The second-order valence-electron chi connectivity index (χ2n) is 6.06. The van der Waals surface area contributed by atoms with E-state index in [4.69, 9.17) is 5.73 Å². The van der Waals surface area contributed by atoms with Gasteiger partial charge in [-0.3, -0.25) is 5.32 Å². The summed E-state index contributed by atoms with van der Waals surface area (Å²) < 4.78 is 161. The highest BCUT2D eigenvalue weighted by Crippen LogP contribution is 2.54. The number of halogens is 14. The smallest absolute Gasteiger partial charge is 0.397 e. The van der Waals surface area contributed by atoms with Crippen LogP contribution >= 0.6 is 22.6 Å². The minimum atomic E-state index is -6.51. The van der Waals surface area contributed by atoms with Crippen LogP contribution in [0.1, 0.15) is 11.1 Å². The minimum Gasteiger partial charge on any atom is -0.397 e. The standard InChI is InChI=1S/C10H4F10IN.C7H6F3N/c11-7(9(15,16)17,10(18,19)20)3-1-4(8(12,13)14)6(22)5(21)2-3;8-7(9,10)11-6-4-2-1-3-5-6/h1-2H,22H2;1-5,11H. The molecule has 16 heteroatoms. The molecule has 2 aromatic carbocycles. The lowest BCUT2D eigenvalue weighted by Crippen LogP contribution is -2.50. The molecule has 0 heterocycles. The third-order valence-electron chi connectivity index (χ3n) is 3.67. The molecule has 0 bridgehead atoms. The van der Waals surface area contributed by atoms with Gasteiger partial charge < -0.3 is 5.73 Å². The van der Waals surface area contributed by atoms with Gasteiger partial charge in [-0.15, -0.1) is 0 Å². The highest BCUT2D eigenvalue weighted by Gasteiger charge is 2.73. The van der Waals surface area contributed by atoms with Crippen LogP contribution in [0.3, 0.4) is 0 Å².